The van der Waals surface area contributed by atoms with Crippen molar-refractivity contribution in [3.63, 3.8) is 0 Å². The monoisotopic (exact) mass is 338 g/mol. The zero-order valence-corrected chi connectivity index (χ0v) is 14.9. The summed E-state index contributed by atoms with van der Waals surface area (Å²) in [6.07, 6.45) is 7.78. The molecule has 0 saturated heterocycles. The van der Waals surface area contributed by atoms with Gasteiger partial charge in [0.1, 0.15) is 0 Å². The molecule has 0 aromatic carbocycles. The highest BCUT2D eigenvalue weighted by Gasteiger charge is 2.27. The minimum Gasteiger partial charge on any atom is -0.236 e. The molecule has 2 N–H and O–H groups in total. The lowest BCUT2D eigenvalue weighted by molar-refractivity contribution is 0.229. The average molecular weight is 338 g/mol. The summed E-state index contributed by atoms with van der Waals surface area (Å²) >= 11 is 0. The van der Waals surface area contributed by atoms with Gasteiger partial charge in [0.2, 0.25) is 10.0 Å². The van der Waals surface area contributed by atoms with Crippen LogP contribution in [0.15, 0.2) is 18.5 Å². The molecule has 0 amide bonds. The molecule has 2 rings (SSSR count). The molecule has 2 aromatic heterocycles. The number of aryl methyl sites for hydroxylation is 2. The molecule has 2 aromatic rings. The van der Waals surface area contributed by atoms with Crippen LogP contribution < -0.4 is 5.14 Å². The number of aromatic nitrogens is 3. The Balaban J connectivity index is 2.14. The van der Waals surface area contributed by atoms with Crippen molar-refractivity contribution in [2.75, 3.05) is 5.75 Å². The highest BCUT2D eigenvalue weighted by Crippen LogP contribution is 2.36. The van der Waals surface area contributed by atoms with Gasteiger partial charge in [-0.15, -0.1) is 0 Å². The molecule has 6 nitrogen and oxygen atoms in total. The van der Waals surface area contributed by atoms with Crippen molar-refractivity contribution in [2.24, 2.45) is 10.6 Å². The van der Waals surface area contributed by atoms with Gasteiger partial charge in [-0.1, -0.05) is 26.7 Å². The molecule has 0 fully saturated rings. The first-order chi connectivity index (χ1) is 10.8. The minimum absolute atomic E-state index is 0.00947. The number of fused-ring (bicyclic) bond motifs is 1. The van der Waals surface area contributed by atoms with Crippen LogP contribution >= 0.6 is 0 Å². The molecule has 0 aliphatic rings. The standard InChI is InChI=1S/C16H26N4O2S/c1-4-16(5-2,8-11-23(17,21)22)7-6-14-13(3)12-15-18-9-10-20(15)19-14/h9-10,12H,4-8,11H2,1-3H3,(H2,17,21,22). The van der Waals surface area contributed by atoms with Crippen molar-refractivity contribution in [1.82, 2.24) is 14.6 Å². The van der Waals surface area contributed by atoms with Gasteiger partial charge >= 0.3 is 0 Å². The van der Waals surface area contributed by atoms with Crippen molar-refractivity contribution >= 4 is 15.7 Å². The second kappa shape index (κ2) is 6.97. The van der Waals surface area contributed by atoms with Gasteiger partial charge in [-0.2, -0.15) is 5.10 Å². The highest BCUT2D eigenvalue weighted by molar-refractivity contribution is 7.89. The van der Waals surface area contributed by atoms with E-state index in [1.54, 1.807) is 10.7 Å². The maximum Gasteiger partial charge on any atom is 0.209 e. The summed E-state index contributed by atoms with van der Waals surface area (Å²) in [5.74, 6) is 0.0433. The highest BCUT2D eigenvalue weighted by atomic mass is 32.2. The first kappa shape index (κ1) is 17.9. The smallest absolute Gasteiger partial charge is 0.209 e. The van der Waals surface area contributed by atoms with Gasteiger partial charge in [0, 0.05) is 12.4 Å². The predicted molar refractivity (Wildman–Crippen MR) is 91.7 cm³/mol. The van der Waals surface area contributed by atoms with Gasteiger partial charge in [0.05, 0.1) is 11.4 Å². The molecule has 0 saturated carbocycles. The fraction of sp³-hybridized carbons (Fsp3) is 0.625. The van der Waals surface area contributed by atoms with Crippen molar-refractivity contribution < 1.29 is 8.42 Å². The van der Waals surface area contributed by atoms with Crippen LogP contribution in [0.4, 0.5) is 0 Å². The minimum atomic E-state index is -3.42. The molecule has 0 atom stereocenters. The molecular formula is C16H26N4O2S. The van der Waals surface area contributed by atoms with Crippen LogP contribution in [-0.4, -0.2) is 28.8 Å². The van der Waals surface area contributed by atoms with Gasteiger partial charge in [-0.3, -0.25) is 0 Å². The molecule has 0 unspecified atom stereocenters. The Morgan fingerprint density at radius 1 is 1.26 bits per heavy atom. The molecule has 0 aliphatic heterocycles. The Hall–Kier alpha value is -1.47. The van der Waals surface area contributed by atoms with Gasteiger partial charge in [0.25, 0.3) is 0 Å². The number of hydrogen-bond acceptors (Lipinski definition) is 4. The maximum absolute atomic E-state index is 11.3. The van der Waals surface area contributed by atoms with E-state index in [2.05, 4.69) is 23.9 Å². The Morgan fingerprint density at radius 2 is 1.96 bits per heavy atom. The van der Waals surface area contributed by atoms with Crippen molar-refractivity contribution in [1.29, 1.82) is 0 Å². The Bertz CT molecular complexity index is 763. The van der Waals surface area contributed by atoms with Crippen LogP contribution in [-0.2, 0) is 16.4 Å². The van der Waals surface area contributed by atoms with Crippen LogP contribution in [0.2, 0.25) is 0 Å². The van der Waals surface area contributed by atoms with Gasteiger partial charge in [-0.05, 0) is 43.2 Å². The van der Waals surface area contributed by atoms with E-state index in [0.717, 1.165) is 42.6 Å². The predicted octanol–water partition coefficient (Wildman–Crippen LogP) is 2.46. The Kier molecular flexibility index (Phi) is 5.41. The normalized spacial score (nSPS) is 12.9. The summed E-state index contributed by atoms with van der Waals surface area (Å²) in [5, 5.41) is 9.81. The lowest BCUT2D eigenvalue weighted by Crippen LogP contribution is -2.27. The quantitative estimate of drug-likeness (QED) is 0.800. The fourth-order valence-electron chi connectivity index (χ4n) is 3.05. The number of nitrogens with zero attached hydrogens (tertiary/aromatic N) is 3. The Morgan fingerprint density at radius 3 is 2.57 bits per heavy atom. The Labute approximate surface area is 138 Å². The molecule has 2 heterocycles. The summed E-state index contributed by atoms with van der Waals surface area (Å²) in [6.45, 7) is 6.28. The summed E-state index contributed by atoms with van der Waals surface area (Å²) in [5.41, 5.74) is 3.00. The van der Waals surface area contributed by atoms with Crippen LogP contribution in [0.3, 0.4) is 0 Å². The van der Waals surface area contributed by atoms with Crippen molar-refractivity contribution in [3.05, 3.63) is 29.7 Å². The lowest BCUT2D eigenvalue weighted by atomic mass is 9.75. The zero-order valence-electron chi connectivity index (χ0n) is 14.1. The van der Waals surface area contributed by atoms with Gasteiger partial charge in [0.15, 0.2) is 5.65 Å². The average Bonchev–Trinajstić information content (AvgIpc) is 2.94. The first-order valence-electron chi connectivity index (χ1n) is 8.09. The summed E-state index contributed by atoms with van der Waals surface area (Å²) in [4.78, 5) is 4.24. The zero-order chi connectivity index (χ0) is 17.1. The van der Waals surface area contributed by atoms with E-state index in [1.165, 1.54) is 0 Å². The molecule has 0 radical (unpaired) electrons. The second-order valence-corrected chi connectivity index (χ2v) is 8.06. The van der Waals surface area contributed by atoms with Gasteiger partial charge in [-0.25, -0.2) is 23.1 Å². The van der Waals surface area contributed by atoms with E-state index in [0.29, 0.717) is 6.42 Å². The molecule has 23 heavy (non-hydrogen) atoms. The lowest BCUT2D eigenvalue weighted by Gasteiger charge is -2.31. The molecule has 128 valence electrons. The molecule has 0 spiro atoms. The van der Waals surface area contributed by atoms with E-state index in [9.17, 15) is 8.42 Å². The van der Waals surface area contributed by atoms with Crippen molar-refractivity contribution in [3.8, 4) is 0 Å². The maximum atomic E-state index is 11.3. The number of imidazole rings is 1. The van der Waals surface area contributed by atoms with Crippen LogP contribution in [0.1, 0.15) is 50.8 Å². The second-order valence-electron chi connectivity index (χ2n) is 6.33. The third-order valence-electron chi connectivity index (χ3n) is 4.99. The van der Waals surface area contributed by atoms with E-state index in [-0.39, 0.29) is 11.2 Å². The number of primary sulfonamides is 1. The molecule has 7 heteroatoms. The van der Waals surface area contributed by atoms with E-state index >= 15 is 0 Å². The molecule has 0 bridgehead atoms. The molecule has 0 aliphatic carbocycles. The topological polar surface area (TPSA) is 90.3 Å². The third kappa shape index (κ3) is 4.51. The SMILES string of the molecule is CCC(CC)(CCc1nn2ccnc2cc1C)CCS(N)(=O)=O. The number of sulfonamides is 1. The number of rotatable bonds is 8. The number of nitrogens with two attached hydrogens (primary N) is 1. The number of hydrogen-bond donors (Lipinski definition) is 1. The molecular weight excluding hydrogens is 312 g/mol. The van der Waals surface area contributed by atoms with Crippen molar-refractivity contribution in [2.45, 2.75) is 52.9 Å². The third-order valence-corrected chi connectivity index (χ3v) is 5.76. The van der Waals surface area contributed by atoms with Crippen LogP contribution in [0, 0.1) is 12.3 Å². The van der Waals surface area contributed by atoms with E-state index < -0.39 is 10.0 Å². The van der Waals surface area contributed by atoms with Crippen LogP contribution in [0.25, 0.3) is 5.65 Å². The van der Waals surface area contributed by atoms with Gasteiger partial charge < -0.3 is 0 Å². The van der Waals surface area contributed by atoms with E-state index in [4.69, 9.17) is 5.14 Å². The summed E-state index contributed by atoms with van der Waals surface area (Å²) < 4.78 is 24.4. The fourth-order valence-corrected chi connectivity index (χ4v) is 3.77. The summed E-state index contributed by atoms with van der Waals surface area (Å²) in [7, 11) is -3.42. The van der Waals surface area contributed by atoms with E-state index in [1.807, 2.05) is 19.2 Å². The summed E-state index contributed by atoms with van der Waals surface area (Å²) in [6, 6.07) is 2.03. The van der Waals surface area contributed by atoms with Crippen LogP contribution in [0.5, 0.6) is 0 Å². The first-order valence-corrected chi connectivity index (χ1v) is 9.80. The largest absolute Gasteiger partial charge is 0.236 e.